The molecule has 1 aromatic rings. The lowest BCUT2D eigenvalue weighted by Crippen LogP contribution is -2.03. The van der Waals surface area contributed by atoms with E-state index in [-0.39, 0.29) is 4.90 Å². The van der Waals surface area contributed by atoms with E-state index < -0.39 is 10.1 Å². The molecule has 3 nitrogen and oxygen atoms in total. The molecule has 0 radical (unpaired) electrons. The van der Waals surface area contributed by atoms with Crippen molar-refractivity contribution >= 4 is 10.1 Å². The summed E-state index contributed by atoms with van der Waals surface area (Å²) in [5.41, 5.74) is 0.707. The van der Waals surface area contributed by atoms with Gasteiger partial charge in [0.2, 0.25) is 0 Å². The smallest absolute Gasteiger partial charge is 0.282 e. The molecule has 1 N–H and O–H groups in total. The predicted molar refractivity (Wildman–Crippen MR) is 68.6 cm³/mol. The topological polar surface area (TPSA) is 54.4 Å². The Morgan fingerprint density at radius 2 is 1.82 bits per heavy atom. The fourth-order valence-electron chi connectivity index (χ4n) is 1.83. The summed E-state index contributed by atoms with van der Waals surface area (Å²) in [4.78, 5) is 0.0459. The van der Waals surface area contributed by atoms with E-state index in [1.165, 1.54) is 6.07 Å². The van der Waals surface area contributed by atoms with Gasteiger partial charge in [0.25, 0.3) is 10.1 Å². The van der Waals surface area contributed by atoms with Crippen LogP contribution in [-0.2, 0) is 16.5 Å². The Labute approximate surface area is 104 Å². The lowest BCUT2D eigenvalue weighted by molar-refractivity contribution is 0.481. The van der Waals surface area contributed by atoms with E-state index in [1.54, 1.807) is 18.2 Å². The standard InChI is InChI=1S/C13H20O3S/c1-11(2)7-3-4-8-12-9-5-6-10-13(12)17(14,15)16/h5-6,9-11H,3-4,7-8H2,1-2H3,(H,14,15,16). The van der Waals surface area contributed by atoms with Crippen molar-refractivity contribution in [2.45, 2.75) is 44.4 Å². The van der Waals surface area contributed by atoms with E-state index in [4.69, 9.17) is 4.55 Å². The second kappa shape index (κ2) is 6.17. The molecule has 0 aliphatic carbocycles. The highest BCUT2D eigenvalue weighted by atomic mass is 32.2. The van der Waals surface area contributed by atoms with Crippen LogP contribution in [0.3, 0.4) is 0 Å². The minimum atomic E-state index is -4.09. The van der Waals surface area contributed by atoms with Gasteiger partial charge in [0, 0.05) is 0 Å². The zero-order valence-corrected chi connectivity index (χ0v) is 11.2. The molecule has 0 bridgehead atoms. The van der Waals surface area contributed by atoms with Crippen LogP contribution in [0.4, 0.5) is 0 Å². The van der Waals surface area contributed by atoms with E-state index in [0.29, 0.717) is 17.9 Å². The number of benzene rings is 1. The van der Waals surface area contributed by atoms with Gasteiger partial charge in [0.1, 0.15) is 0 Å². The fourth-order valence-corrected chi connectivity index (χ4v) is 2.58. The van der Waals surface area contributed by atoms with Gasteiger partial charge < -0.3 is 0 Å². The van der Waals surface area contributed by atoms with Crippen LogP contribution in [0.5, 0.6) is 0 Å². The van der Waals surface area contributed by atoms with Crippen molar-refractivity contribution < 1.29 is 13.0 Å². The van der Waals surface area contributed by atoms with Crippen LogP contribution in [0.25, 0.3) is 0 Å². The van der Waals surface area contributed by atoms with Crippen molar-refractivity contribution in [3.05, 3.63) is 29.8 Å². The molecule has 0 saturated heterocycles. The van der Waals surface area contributed by atoms with Crippen molar-refractivity contribution in [1.29, 1.82) is 0 Å². The third-order valence-corrected chi connectivity index (χ3v) is 3.68. The largest absolute Gasteiger partial charge is 0.294 e. The molecule has 1 rings (SSSR count). The SMILES string of the molecule is CC(C)CCCCc1ccccc1S(=O)(=O)O. The molecule has 17 heavy (non-hydrogen) atoms. The maximum absolute atomic E-state index is 11.2. The average Bonchev–Trinajstić information content (AvgIpc) is 2.23. The molecule has 0 heterocycles. The Balaban J connectivity index is 2.65. The van der Waals surface area contributed by atoms with E-state index in [0.717, 1.165) is 19.3 Å². The number of hydrogen-bond acceptors (Lipinski definition) is 2. The summed E-state index contributed by atoms with van der Waals surface area (Å²) < 4.78 is 31.4. The second-order valence-corrected chi connectivity index (χ2v) is 6.11. The molecule has 0 spiro atoms. The molecule has 1 aromatic carbocycles. The van der Waals surface area contributed by atoms with Crippen molar-refractivity contribution in [3.63, 3.8) is 0 Å². The minimum absolute atomic E-state index is 0.0459. The first-order valence-corrected chi connectivity index (χ1v) is 7.40. The van der Waals surface area contributed by atoms with Crippen molar-refractivity contribution in [1.82, 2.24) is 0 Å². The monoisotopic (exact) mass is 256 g/mol. The molecule has 0 atom stereocenters. The van der Waals surface area contributed by atoms with Gasteiger partial charge in [-0.25, -0.2) is 0 Å². The van der Waals surface area contributed by atoms with Gasteiger partial charge in [-0.15, -0.1) is 0 Å². The summed E-state index contributed by atoms with van der Waals surface area (Å²) in [5, 5.41) is 0. The van der Waals surface area contributed by atoms with Gasteiger partial charge in [-0.3, -0.25) is 4.55 Å². The fraction of sp³-hybridized carbons (Fsp3) is 0.538. The Kier molecular flexibility index (Phi) is 5.15. The molecule has 0 fully saturated rings. The lowest BCUT2D eigenvalue weighted by Gasteiger charge is -2.07. The Bertz CT molecular complexity index is 449. The maximum Gasteiger partial charge on any atom is 0.294 e. The Hall–Kier alpha value is -0.870. The highest BCUT2D eigenvalue weighted by Gasteiger charge is 2.13. The van der Waals surface area contributed by atoms with Gasteiger partial charge in [-0.1, -0.05) is 44.9 Å². The highest BCUT2D eigenvalue weighted by Crippen LogP contribution is 2.18. The van der Waals surface area contributed by atoms with Crippen LogP contribution in [0, 0.1) is 5.92 Å². The predicted octanol–water partition coefficient (Wildman–Crippen LogP) is 3.30. The summed E-state index contributed by atoms with van der Waals surface area (Å²) >= 11 is 0. The quantitative estimate of drug-likeness (QED) is 0.627. The van der Waals surface area contributed by atoms with Crippen molar-refractivity contribution in [2.75, 3.05) is 0 Å². The molecule has 0 unspecified atom stereocenters. The number of rotatable bonds is 6. The first kappa shape index (κ1) is 14.2. The van der Waals surface area contributed by atoms with Crippen LogP contribution in [0.1, 0.15) is 38.7 Å². The number of hydrogen-bond donors (Lipinski definition) is 1. The highest BCUT2D eigenvalue weighted by molar-refractivity contribution is 7.85. The van der Waals surface area contributed by atoms with Gasteiger partial charge in [-0.05, 0) is 30.4 Å². The summed E-state index contributed by atoms with van der Waals surface area (Å²) in [7, 11) is -4.09. The van der Waals surface area contributed by atoms with E-state index in [2.05, 4.69) is 13.8 Å². The van der Waals surface area contributed by atoms with E-state index in [1.807, 2.05) is 0 Å². The van der Waals surface area contributed by atoms with Crippen LogP contribution in [0.2, 0.25) is 0 Å². The first-order valence-electron chi connectivity index (χ1n) is 5.96. The minimum Gasteiger partial charge on any atom is -0.282 e. The van der Waals surface area contributed by atoms with Crippen LogP contribution in [-0.4, -0.2) is 13.0 Å². The van der Waals surface area contributed by atoms with E-state index in [9.17, 15) is 8.42 Å². The Morgan fingerprint density at radius 3 is 2.41 bits per heavy atom. The summed E-state index contributed by atoms with van der Waals surface area (Å²) in [5.74, 6) is 0.673. The lowest BCUT2D eigenvalue weighted by atomic mass is 10.0. The summed E-state index contributed by atoms with van der Waals surface area (Å²) in [6.45, 7) is 4.35. The van der Waals surface area contributed by atoms with Crippen LogP contribution in [0.15, 0.2) is 29.2 Å². The van der Waals surface area contributed by atoms with Gasteiger partial charge in [0.15, 0.2) is 0 Å². The molecule has 0 aromatic heterocycles. The van der Waals surface area contributed by atoms with Crippen molar-refractivity contribution in [3.8, 4) is 0 Å². The third-order valence-electron chi connectivity index (χ3n) is 2.73. The first-order chi connectivity index (χ1) is 7.91. The molecular weight excluding hydrogens is 236 g/mol. The number of aryl methyl sites for hydroxylation is 1. The molecule has 4 heteroatoms. The van der Waals surface area contributed by atoms with Crippen LogP contribution >= 0.6 is 0 Å². The van der Waals surface area contributed by atoms with Crippen LogP contribution < -0.4 is 0 Å². The number of unbranched alkanes of at least 4 members (excludes halogenated alkanes) is 1. The van der Waals surface area contributed by atoms with Gasteiger partial charge >= 0.3 is 0 Å². The molecular formula is C13H20O3S. The second-order valence-electron chi connectivity index (χ2n) is 4.72. The van der Waals surface area contributed by atoms with Gasteiger partial charge in [-0.2, -0.15) is 8.42 Å². The molecule has 0 aliphatic rings. The molecule has 0 saturated carbocycles. The summed E-state index contributed by atoms with van der Waals surface area (Å²) in [6.07, 6.45) is 3.87. The van der Waals surface area contributed by atoms with Gasteiger partial charge in [0.05, 0.1) is 4.90 Å². The molecule has 0 amide bonds. The molecule has 96 valence electrons. The average molecular weight is 256 g/mol. The third kappa shape index (κ3) is 4.88. The summed E-state index contributed by atoms with van der Waals surface area (Å²) in [6, 6.07) is 6.64. The zero-order valence-electron chi connectivity index (χ0n) is 10.4. The maximum atomic E-state index is 11.2. The molecule has 0 aliphatic heterocycles. The zero-order chi connectivity index (χ0) is 12.9. The normalized spacial score (nSPS) is 12.0. The van der Waals surface area contributed by atoms with E-state index >= 15 is 0 Å². The van der Waals surface area contributed by atoms with Crippen molar-refractivity contribution in [2.24, 2.45) is 5.92 Å². The Morgan fingerprint density at radius 1 is 1.18 bits per heavy atom.